The molecule has 2 heterocycles. The maximum absolute atomic E-state index is 12.4. The highest BCUT2D eigenvalue weighted by molar-refractivity contribution is 6.34. The third-order valence-corrected chi connectivity index (χ3v) is 4.56. The van der Waals surface area contributed by atoms with Crippen molar-refractivity contribution in [3.05, 3.63) is 34.4 Å². The molecule has 1 N–H and O–H groups in total. The van der Waals surface area contributed by atoms with Crippen LogP contribution in [0.1, 0.15) is 45.6 Å². The fourth-order valence-electron chi connectivity index (χ4n) is 3.25. The molecular weight excluding hydrogens is 340 g/mol. The Bertz CT molecular complexity index is 750. The zero-order valence-electron chi connectivity index (χ0n) is 14.8. The fraction of sp³-hybridized carbons (Fsp3) is 0.474. The number of nitrogens with one attached hydrogen (secondary N) is 1. The number of fused-ring (bicyclic) bond motifs is 1. The molecular formula is C19H23ClN2O3. The van der Waals surface area contributed by atoms with Crippen LogP contribution in [0, 0.1) is 0 Å². The molecule has 25 heavy (non-hydrogen) atoms. The van der Waals surface area contributed by atoms with E-state index in [4.69, 9.17) is 16.3 Å². The summed E-state index contributed by atoms with van der Waals surface area (Å²) >= 11 is 6.01. The van der Waals surface area contributed by atoms with E-state index in [2.05, 4.69) is 5.32 Å². The van der Waals surface area contributed by atoms with Crippen molar-refractivity contribution < 1.29 is 14.3 Å². The summed E-state index contributed by atoms with van der Waals surface area (Å²) in [6.07, 6.45) is 1.99. The van der Waals surface area contributed by atoms with Gasteiger partial charge in [0.15, 0.2) is 0 Å². The van der Waals surface area contributed by atoms with Crippen LogP contribution in [0.3, 0.4) is 0 Å². The predicted molar refractivity (Wildman–Crippen MR) is 98.7 cm³/mol. The van der Waals surface area contributed by atoms with Crippen LogP contribution >= 0.6 is 11.6 Å². The van der Waals surface area contributed by atoms with Crippen molar-refractivity contribution >= 4 is 34.9 Å². The molecule has 1 fully saturated rings. The van der Waals surface area contributed by atoms with Gasteiger partial charge in [-0.2, -0.15) is 0 Å². The first-order valence-electron chi connectivity index (χ1n) is 8.56. The highest BCUT2D eigenvalue weighted by Crippen LogP contribution is 2.38. The lowest BCUT2D eigenvalue weighted by molar-refractivity contribution is -0.110. The number of hydrogen-bond donors (Lipinski definition) is 1. The number of ether oxygens (including phenoxy) is 1. The Morgan fingerprint density at radius 1 is 1.24 bits per heavy atom. The standard InChI is InChI=1S/C19H23ClN2O3/c1-19(2,3)25-18(24)22-9-4-5-12(8-10-22)16-14-7-6-13(20)11-15(14)21-17(16)23/h6-7,11H,4-5,8-10H2,1-3H3,(H,21,23)/b16-12-. The van der Waals surface area contributed by atoms with Gasteiger partial charge >= 0.3 is 6.09 Å². The second-order valence-electron chi connectivity index (χ2n) is 7.44. The third kappa shape index (κ3) is 3.98. The Hall–Kier alpha value is -2.01. The monoisotopic (exact) mass is 362 g/mol. The predicted octanol–water partition coefficient (Wildman–Crippen LogP) is 4.47. The zero-order valence-corrected chi connectivity index (χ0v) is 15.6. The summed E-state index contributed by atoms with van der Waals surface area (Å²) in [6, 6.07) is 5.45. The van der Waals surface area contributed by atoms with E-state index in [9.17, 15) is 9.59 Å². The first-order chi connectivity index (χ1) is 11.7. The normalized spacial score (nSPS) is 20.8. The summed E-state index contributed by atoms with van der Waals surface area (Å²) in [5, 5.41) is 3.48. The molecule has 0 bridgehead atoms. The molecule has 1 aromatic rings. The number of amides is 2. The van der Waals surface area contributed by atoms with E-state index < -0.39 is 5.60 Å². The Kier molecular flexibility index (Phi) is 4.78. The van der Waals surface area contributed by atoms with Gasteiger partial charge in [0.25, 0.3) is 5.91 Å². The highest BCUT2D eigenvalue weighted by Gasteiger charge is 2.30. The van der Waals surface area contributed by atoms with Gasteiger partial charge in [0.2, 0.25) is 0 Å². The average Bonchev–Trinajstić information content (AvgIpc) is 2.68. The Morgan fingerprint density at radius 3 is 2.72 bits per heavy atom. The number of likely N-dealkylation sites (tertiary alicyclic amines) is 1. The minimum Gasteiger partial charge on any atom is -0.444 e. The number of benzene rings is 1. The van der Waals surface area contributed by atoms with Crippen LogP contribution in [0.25, 0.3) is 5.57 Å². The summed E-state index contributed by atoms with van der Waals surface area (Å²) in [4.78, 5) is 26.5. The molecule has 6 heteroatoms. The van der Waals surface area contributed by atoms with Crippen molar-refractivity contribution in [2.45, 2.75) is 45.6 Å². The molecule has 0 atom stereocenters. The SMILES string of the molecule is CC(C)(C)OC(=O)N1CCC/C(=C2/C(=O)Nc3cc(Cl)ccc32)CC1. The first kappa shape index (κ1) is 17.8. The van der Waals surface area contributed by atoms with E-state index in [1.807, 2.05) is 26.8 Å². The number of nitrogens with zero attached hydrogens (tertiary/aromatic N) is 1. The Labute approximate surface area is 153 Å². The van der Waals surface area contributed by atoms with E-state index in [0.717, 1.165) is 35.2 Å². The van der Waals surface area contributed by atoms with Gasteiger partial charge in [-0.15, -0.1) is 0 Å². The molecule has 3 rings (SSSR count). The zero-order chi connectivity index (χ0) is 18.2. The van der Waals surface area contributed by atoms with E-state index >= 15 is 0 Å². The van der Waals surface area contributed by atoms with Crippen molar-refractivity contribution in [3.63, 3.8) is 0 Å². The van der Waals surface area contributed by atoms with Crippen molar-refractivity contribution in [1.82, 2.24) is 4.90 Å². The molecule has 2 aliphatic heterocycles. The molecule has 0 radical (unpaired) electrons. The average molecular weight is 363 g/mol. The largest absolute Gasteiger partial charge is 0.444 e. The molecule has 0 spiro atoms. The van der Waals surface area contributed by atoms with Crippen molar-refractivity contribution in [3.8, 4) is 0 Å². The van der Waals surface area contributed by atoms with Crippen LogP contribution < -0.4 is 5.32 Å². The molecule has 5 nitrogen and oxygen atoms in total. The van der Waals surface area contributed by atoms with Gasteiger partial charge in [0.1, 0.15) is 5.60 Å². The number of hydrogen-bond acceptors (Lipinski definition) is 3. The van der Waals surface area contributed by atoms with Crippen LogP contribution in [0.4, 0.5) is 10.5 Å². The molecule has 0 unspecified atom stereocenters. The summed E-state index contributed by atoms with van der Waals surface area (Å²) in [5.41, 5.74) is 2.97. The van der Waals surface area contributed by atoms with Crippen LogP contribution in [0.5, 0.6) is 0 Å². The topological polar surface area (TPSA) is 58.6 Å². The summed E-state index contributed by atoms with van der Waals surface area (Å²) in [5.74, 6) is -0.0852. The van der Waals surface area contributed by atoms with Gasteiger partial charge < -0.3 is 15.0 Å². The minimum absolute atomic E-state index is 0.0852. The number of anilines is 1. The van der Waals surface area contributed by atoms with Gasteiger partial charge in [-0.25, -0.2) is 4.79 Å². The highest BCUT2D eigenvalue weighted by atomic mass is 35.5. The van der Waals surface area contributed by atoms with E-state index in [1.54, 1.807) is 17.0 Å². The number of carbonyl (C=O) groups is 2. The number of rotatable bonds is 0. The van der Waals surface area contributed by atoms with E-state index in [-0.39, 0.29) is 12.0 Å². The second-order valence-corrected chi connectivity index (χ2v) is 7.88. The lowest BCUT2D eigenvalue weighted by atomic mass is 9.96. The Balaban J connectivity index is 1.81. The van der Waals surface area contributed by atoms with Crippen LogP contribution in [-0.2, 0) is 9.53 Å². The molecule has 1 aromatic carbocycles. The lowest BCUT2D eigenvalue weighted by Gasteiger charge is -2.26. The van der Waals surface area contributed by atoms with Crippen LogP contribution in [-0.4, -0.2) is 35.6 Å². The molecule has 134 valence electrons. The number of carbonyl (C=O) groups excluding carboxylic acids is 2. The number of halogens is 1. The molecule has 1 saturated heterocycles. The molecule has 0 saturated carbocycles. The van der Waals surface area contributed by atoms with Crippen molar-refractivity contribution in [2.75, 3.05) is 18.4 Å². The van der Waals surface area contributed by atoms with E-state index in [1.165, 1.54) is 0 Å². The molecule has 2 aliphatic rings. The summed E-state index contributed by atoms with van der Waals surface area (Å²) in [6.45, 7) is 6.79. The summed E-state index contributed by atoms with van der Waals surface area (Å²) < 4.78 is 5.46. The smallest absolute Gasteiger partial charge is 0.410 e. The minimum atomic E-state index is -0.506. The maximum Gasteiger partial charge on any atom is 0.410 e. The van der Waals surface area contributed by atoms with Crippen molar-refractivity contribution in [2.24, 2.45) is 0 Å². The van der Waals surface area contributed by atoms with Gasteiger partial charge in [0, 0.05) is 29.2 Å². The first-order valence-corrected chi connectivity index (χ1v) is 8.93. The van der Waals surface area contributed by atoms with Gasteiger partial charge in [-0.3, -0.25) is 4.79 Å². The quantitative estimate of drug-likeness (QED) is 0.693. The molecule has 0 aliphatic carbocycles. The van der Waals surface area contributed by atoms with Gasteiger partial charge in [0.05, 0.1) is 5.69 Å². The fourth-order valence-corrected chi connectivity index (χ4v) is 3.42. The maximum atomic E-state index is 12.4. The van der Waals surface area contributed by atoms with Gasteiger partial charge in [-0.1, -0.05) is 23.2 Å². The third-order valence-electron chi connectivity index (χ3n) is 4.32. The van der Waals surface area contributed by atoms with Crippen LogP contribution in [0.15, 0.2) is 23.8 Å². The van der Waals surface area contributed by atoms with E-state index in [0.29, 0.717) is 24.5 Å². The second kappa shape index (κ2) is 6.71. The van der Waals surface area contributed by atoms with Gasteiger partial charge in [-0.05, 0) is 52.2 Å². The summed E-state index contributed by atoms with van der Waals surface area (Å²) in [7, 11) is 0. The molecule has 2 amide bonds. The molecule has 0 aromatic heterocycles. The van der Waals surface area contributed by atoms with Crippen LogP contribution in [0.2, 0.25) is 5.02 Å². The Morgan fingerprint density at radius 2 is 2.00 bits per heavy atom. The van der Waals surface area contributed by atoms with Crippen molar-refractivity contribution in [1.29, 1.82) is 0 Å². The lowest BCUT2D eigenvalue weighted by Crippen LogP contribution is -2.37.